The van der Waals surface area contributed by atoms with Crippen LogP contribution < -0.4 is 10.6 Å². The van der Waals surface area contributed by atoms with Crippen LogP contribution in [0.25, 0.3) is 10.9 Å². The van der Waals surface area contributed by atoms with Crippen molar-refractivity contribution in [3.63, 3.8) is 0 Å². The molecule has 0 atom stereocenters. The Labute approximate surface area is 164 Å². The van der Waals surface area contributed by atoms with Crippen LogP contribution in [0.2, 0.25) is 0 Å². The Hall–Kier alpha value is -2.77. The summed E-state index contributed by atoms with van der Waals surface area (Å²) in [6.07, 6.45) is 0. The predicted octanol–water partition coefficient (Wildman–Crippen LogP) is 3.17. The van der Waals surface area contributed by atoms with Crippen LogP contribution in [0, 0.1) is 5.82 Å². The Balaban J connectivity index is 1.48. The standard InChI is InChI=1S/C21H25FN6/c1-27-12-14-28(15-13-27)11-10-23-20-18-4-2-3-5-19(18)25-21(26-20)24-17-8-6-16(22)7-9-17/h2-9H,10-15H2,1H3,(H2,23,24,25,26). The zero-order chi connectivity index (χ0) is 19.3. The number of anilines is 3. The Kier molecular flexibility index (Phi) is 5.64. The average molecular weight is 380 g/mol. The van der Waals surface area contributed by atoms with E-state index in [0.717, 1.165) is 61.7 Å². The molecule has 6 nitrogen and oxygen atoms in total. The fourth-order valence-electron chi connectivity index (χ4n) is 3.33. The molecule has 4 rings (SSSR count). The molecule has 1 aliphatic heterocycles. The van der Waals surface area contributed by atoms with Crippen LogP contribution in [0.4, 0.5) is 21.8 Å². The normalized spacial score (nSPS) is 15.6. The largest absolute Gasteiger partial charge is 0.368 e. The molecule has 0 spiro atoms. The third kappa shape index (κ3) is 4.55. The highest BCUT2D eigenvalue weighted by Gasteiger charge is 2.13. The van der Waals surface area contributed by atoms with E-state index in [-0.39, 0.29) is 5.82 Å². The fourth-order valence-corrected chi connectivity index (χ4v) is 3.33. The van der Waals surface area contributed by atoms with Gasteiger partial charge in [-0.2, -0.15) is 4.98 Å². The highest BCUT2D eigenvalue weighted by atomic mass is 19.1. The summed E-state index contributed by atoms with van der Waals surface area (Å²) in [5.41, 5.74) is 1.62. The maximum atomic E-state index is 13.1. The van der Waals surface area contributed by atoms with E-state index < -0.39 is 0 Å². The summed E-state index contributed by atoms with van der Waals surface area (Å²) in [6.45, 7) is 6.22. The number of aromatic nitrogens is 2. The number of likely N-dealkylation sites (N-methyl/N-ethyl adjacent to an activating group) is 1. The Morgan fingerprint density at radius 3 is 2.50 bits per heavy atom. The predicted molar refractivity (Wildman–Crippen MR) is 112 cm³/mol. The van der Waals surface area contributed by atoms with Crippen molar-refractivity contribution in [3.8, 4) is 0 Å². The average Bonchev–Trinajstić information content (AvgIpc) is 2.71. The number of para-hydroxylation sites is 1. The maximum absolute atomic E-state index is 13.1. The first-order chi connectivity index (χ1) is 13.7. The van der Waals surface area contributed by atoms with Gasteiger partial charge in [-0.15, -0.1) is 0 Å². The van der Waals surface area contributed by atoms with E-state index >= 15 is 0 Å². The molecule has 7 heteroatoms. The lowest BCUT2D eigenvalue weighted by atomic mass is 10.2. The van der Waals surface area contributed by atoms with Crippen molar-refractivity contribution >= 4 is 28.4 Å². The Morgan fingerprint density at radius 2 is 1.71 bits per heavy atom. The minimum absolute atomic E-state index is 0.267. The number of rotatable bonds is 6. The molecular formula is C21H25FN6. The number of fused-ring (bicyclic) bond motifs is 1. The molecule has 1 fully saturated rings. The van der Waals surface area contributed by atoms with Gasteiger partial charge in [-0.05, 0) is 43.4 Å². The topological polar surface area (TPSA) is 56.3 Å². The summed E-state index contributed by atoms with van der Waals surface area (Å²) in [4.78, 5) is 14.1. The first-order valence-corrected chi connectivity index (χ1v) is 9.61. The van der Waals surface area contributed by atoms with Gasteiger partial charge in [-0.3, -0.25) is 4.90 Å². The van der Waals surface area contributed by atoms with Crippen LogP contribution >= 0.6 is 0 Å². The minimum Gasteiger partial charge on any atom is -0.368 e. The molecule has 1 saturated heterocycles. The third-order valence-corrected chi connectivity index (χ3v) is 5.02. The first-order valence-electron chi connectivity index (χ1n) is 9.61. The molecule has 0 radical (unpaired) electrons. The van der Waals surface area contributed by atoms with Gasteiger partial charge >= 0.3 is 0 Å². The number of hydrogen-bond donors (Lipinski definition) is 2. The van der Waals surface area contributed by atoms with E-state index in [1.807, 2.05) is 24.3 Å². The van der Waals surface area contributed by atoms with E-state index in [0.29, 0.717) is 5.95 Å². The zero-order valence-electron chi connectivity index (χ0n) is 16.0. The summed E-state index contributed by atoms with van der Waals surface area (Å²) in [5, 5.41) is 7.63. The van der Waals surface area contributed by atoms with Gasteiger partial charge in [-0.25, -0.2) is 9.37 Å². The smallest absolute Gasteiger partial charge is 0.229 e. The summed E-state index contributed by atoms with van der Waals surface area (Å²) in [5.74, 6) is 1.04. The van der Waals surface area contributed by atoms with Crippen molar-refractivity contribution in [3.05, 3.63) is 54.3 Å². The molecule has 0 amide bonds. The summed E-state index contributed by atoms with van der Waals surface area (Å²) < 4.78 is 13.1. The van der Waals surface area contributed by atoms with Gasteiger partial charge < -0.3 is 15.5 Å². The highest BCUT2D eigenvalue weighted by molar-refractivity contribution is 5.90. The zero-order valence-corrected chi connectivity index (χ0v) is 16.0. The van der Waals surface area contributed by atoms with Gasteiger partial charge in [0, 0.05) is 50.3 Å². The molecule has 2 heterocycles. The van der Waals surface area contributed by atoms with Crippen LogP contribution in [0.3, 0.4) is 0 Å². The molecule has 0 bridgehead atoms. The molecule has 146 valence electrons. The molecule has 1 aliphatic rings. The number of piperazine rings is 1. The quantitative estimate of drug-likeness (QED) is 0.685. The summed E-state index contributed by atoms with van der Waals surface area (Å²) in [6, 6.07) is 14.1. The molecule has 2 aromatic carbocycles. The second-order valence-electron chi connectivity index (χ2n) is 7.12. The molecule has 28 heavy (non-hydrogen) atoms. The van der Waals surface area contributed by atoms with Gasteiger partial charge in [0.25, 0.3) is 0 Å². The molecule has 0 unspecified atom stereocenters. The van der Waals surface area contributed by atoms with E-state index in [2.05, 4.69) is 37.4 Å². The summed E-state index contributed by atoms with van der Waals surface area (Å²) >= 11 is 0. The molecule has 0 aliphatic carbocycles. The van der Waals surface area contributed by atoms with E-state index in [1.54, 1.807) is 12.1 Å². The van der Waals surface area contributed by atoms with Crippen LogP contribution in [0.5, 0.6) is 0 Å². The lowest BCUT2D eigenvalue weighted by molar-refractivity contribution is 0.158. The van der Waals surface area contributed by atoms with Gasteiger partial charge in [-0.1, -0.05) is 12.1 Å². The van der Waals surface area contributed by atoms with Gasteiger partial charge in [0.1, 0.15) is 11.6 Å². The molecule has 2 N–H and O–H groups in total. The van der Waals surface area contributed by atoms with Crippen molar-refractivity contribution in [2.45, 2.75) is 0 Å². The monoisotopic (exact) mass is 380 g/mol. The number of nitrogens with one attached hydrogen (secondary N) is 2. The van der Waals surface area contributed by atoms with Crippen molar-refractivity contribution in [1.82, 2.24) is 19.8 Å². The van der Waals surface area contributed by atoms with Crippen LogP contribution in [-0.2, 0) is 0 Å². The van der Waals surface area contributed by atoms with Crippen molar-refractivity contribution in [2.75, 3.05) is 56.9 Å². The molecule has 0 saturated carbocycles. The van der Waals surface area contributed by atoms with E-state index in [4.69, 9.17) is 0 Å². The first kappa shape index (κ1) is 18.6. The van der Waals surface area contributed by atoms with Gasteiger partial charge in [0.15, 0.2) is 0 Å². The third-order valence-electron chi connectivity index (χ3n) is 5.02. The Morgan fingerprint density at radius 1 is 0.964 bits per heavy atom. The van der Waals surface area contributed by atoms with E-state index in [9.17, 15) is 4.39 Å². The van der Waals surface area contributed by atoms with Crippen LogP contribution in [0.1, 0.15) is 0 Å². The molecule has 3 aromatic rings. The fraction of sp³-hybridized carbons (Fsp3) is 0.333. The Bertz CT molecular complexity index is 922. The van der Waals surface area contributed by atoms with Crippen LogP contribution in [-0.4, -0.2) is 66.1 Å². The number of benzene rings is 2. The maximum Gasteiger partial charge on any atom is 0.229 e. The second kappa shape index (κ2) is 8.50. The number of nitrogens with zero attached hydrogens (tertiary/aromatic N) is 4. The number of hydrogen-bond acceptors (Lipinski definition) is 6. The lowest BCUT2D eigenvalue weighted by Gasteiger charge is -2.32. The van der Waals surface area contributed by atoms with Crippen LogP contribution in [0.15, 0.2) is 48.5 Å². The van der Waals surface area contributed by atoms with Crippen molar-refractivity contribution in [1.29, 1.82) is 0 Å². The SMILES string of the molecule is CN1CCN(CCNc2nc(Nc3ccc(F)cc3)nc3ccccc23)CC1. The van der Waals surface area contributed by atoms with Crippen molar-refractivity contribution in [2.24, 2.45) is 0 Å². The second-order valence-corrected chi connectivity index (χ2v) is 7.12. The highest BCUT2D eigenvalue weighted by Crippen LogP contribution is 2.23. The van der Waals surface area contributed by atoms with E-state index in [1.165, 1.54) is 12.1 Å². The molecular weight excluding hydrogens is 355 g/mol. The lowest BCUT2D eigenvalue weighted by Crippen LogP contribution is -2.45. The van der Waals surface area contributed by atoms with Gasteiger partial charge in [0.2, 0.25) is 5.95 Å². The van der Waals surface area contributed by atoms with Crippen molar-refractivity contribution < 1.29 is 4.39 Å². The molecule has 1 aromatic heterocycles. The number of halogens is 1. The minimum atomic E-state index is -0.267. The van der Waals surface area contributed by atoms with Gasteiger partial charge in [0.05, 0.1) is 5.52 Å². The summed E-state index contributed by atoms with van der Waals surface area (Å²) in [7, 11) is 2.16.